The number of anilines is 3. The molecule has 26 heavy (non-hydrogen) atoms. The molecule has 0 saturated heterocycles. The molecule has 0 spiro atoms. The van der Waals surface area contributed by atoms with Crippen molar-refractivity contribution in [2.75, 3.05) is 23.8 Å². The van der Waals surface area contributed by atoms with E-state index >= 15 is 0 Å². The van der Waals surface area contributed by atoms with Gasteiger partial charge < -0.3 is 20.8 Å². The van der Waals surface area contributed by atoms with E-state index in [1.165, 1.54) is 12.5 Å². The average Bonchev–Trinajstić information content (AvgIpc) is 2.65. The molecule has 0 aliphatic rings. The Bertz CT molecular complexity index is 936. The zero-order chi connectivity index (χ0) is 18.7. The van der Waals surface area contributed by atoms with Crippen molar-refractivity contribution in [3.05, 3.63) is 40.8 Å². The molecular formula is C16H16Cl2N6O2. The van der Waals surface area contributed by atoms with Gasteiger partial charge in [0, 0.05) is 5.69 Å². The van der Waals surface area contributed by atoms with Crippen LogP contribution in [0.25, 0.3) is 11.0 Å². The van der Waals surface area contributed by atoms with Crippen molar-refractivity contribution in [2.24, 2.45) is 0 Å². The predicted octanol–water partition coefficient (Wildman–Crippen LogP) is 2.63. The van der Waals surface area contributed by atoms with E-state index in [4.69, 9.17) is 23.2 Å². The van der Waals surface area contributed by atoms with E-state index < -0.39 is 5.54 Å². The van der Waals surface area contributed by atoms with Crippen LogP contribution in [0.3, 0.4) is 0 Å². The Balaban J connectivity index is 1.97. The average molecular weight is 395 g/mol. The van der Waals surface area contributed by atoms with Gasteiger partial charge in [-0.25, -0.2) is 19.9 Å². The Kier molecular flexibility index (Phi) is 5.38. The molecule has 2 aromatic heterocycles. The lowest BCUT2D eigenvalue weighted by molar-refractivity contribution is 0.147. The van der Waals surface area contributed by atoms with E-state index in [9.17, 15) is 10.2 Å². The number of fused-ring (bicyclic) bond motifs is 1. The molecule has 10 heteroatoms. The molecule has 4 N–H and O–H groups in total. The zero-order valence-electron chi connectivity index (χ0n) is 13.7. The predicted molar refractivity (Wildman–Crippen MR) is 101 cm³/mol. The molecule has 0 aliphatic carbocycles. The van der Waals surface area contributed by atoms with Gasteiger partial charge in [0.15, 0.2) is 5.82 Å². The third-order valence-electron chi connectivity index (χ3n) is 3.67. The van der Waals surface area contributed by atoms with Crippen LogP contribution in [0.15, 0.2) is 30.7 Å². The van der Waals surface area contributed by atoms with Gasteiger partial charge in [0.25, 0.3) is 0 Å². The van der Waals surface area contributed by atoms with Crippen LogP contribution < -0.4 is 10.6 Å². The second-order valence-electron chi connectivity index (χ2n) is 5.91. The summed E-state index contributed by atoms with van der Waals surface area (Å²) in [5.41, 5.74) is 0.723. The van der Waals surface area contributed by atoms with Crippen molar-refractivity contribution in [3.8, 4) is 0 Å². The van der Waals surface area contributed by atoms with E-state index in [-0.39, 0.29) is 19.2 Å². The third kappa shape index (κ3) is 3.94. The van der Waals surface area contributed by atoms with Crippen molar-refractivity contribution in [1.29, 1.82) is 0 Å². The van der Waals surface area contributed by atoms with Crippen molar-refractivity contribution in [1.82, 2.24) is 19.9 Å². The number of aromatic nitrogens is 4. The van der Waals surface area contributed by atoms with Gasteiger partial charge in [-0.05, 0) is 25.1 Å². The molecule has 3 aromatic rings. The fourth-order valence-electron chi connectivity index (χ4n) is 2.12. The Morgan fingerprint density at radius 3 is 2.54 bits per heavy atom. The van der Waals surface area contributed by atoms with E-state index in [0.29, 0.717) is 32.6 Å². The molecule has 0 radical (unpaired) electrons. The molecule has 8 nitrogen and oxygen atoms in total. The lowest BCUT2D eigenvalue weighted by Crippen LogP contribution is -2.43. The first-order valence-electron chi connectivity index (χ1n) is 7.64. The molecule has 0 atom stereocenters. The Morgan fingerprint density at radius 1 is 1.08 bits per heavy atom. The highest BCUT2D eigenvalue weighted by atomic mass is 35.5. The van der Waals surface area contributed by atoms with Crippen molar-refractivity contribution in [2.45, 2.75) is 12.5 Å². The van der Waals surface area contributed by atoms with Crippen LogP contribution in [0.5, 0.6) is 0 Å². The van der Waals surface area contributed by atoms with Gasteiger partial charge in [0.05, 0.1) is 35.0 Å². The second-order valence-corrected chi connectivity index (χ2v) is 6.72. The number of hydrogen-bond acceptors (Lipinski definition) is 8. The minimum atomic E-state index is -0.958. The molecule has 3 rings (SSSR count). The Labute approximate surface area is 159 Å². The number of benzene rings is 1. The molecular weight excluding hydrogens is 379 g/mol. The monoisotopic (exact) mass is 394 g/mol. The highest BCUT2D eigenvalue weighted by Gasteiger charge is 2.23. The quantitative estimate of drug-likeness (QED) is 0.504. The maximum atomic E-state index is 9.42. The van der Waals surface area contributed by atoms with E-state index in [1.54, 1.807) is 25.1 Å². The lowest BCUT2D eigenvalue weighted by Gasteiger charge is -2.26. The van der Waals surface area contributed by atoms with Crippen LogP contribution in [-0.4, -0.2) is 48.9 Å². The Morgan fingerprint density at radius 2 is 1.85 bits per heavy atom. The van der Waals surface area contributed by atoms with E-state index in [1.807, 2.05) is 0 Å². The SMILES string of the molecule is CC(CO)(CO)Nc1ncc2ncnc(Nc3ccc(Cl)c(Cl)c3)c2n1. The number of aliphatic hydroxyl groups excluding tert-OH is 2. The number of nitrogens with zero attached hydrogens (tertiary/aromatic N) is 4. The normalized spacial score (nSPS) is 11.6. The highest BCUT2D eigenvalue weighted by molar-refractivity contribution is 6.42. The standard InChI is InChI=1S/C16H16Cl2N6O2/c1-16(6-25,7-26)24-15-19-5-12-13(23-15)14(21-8-20-12)22-9-2-3-10(17)11(18)4-9/h2-5,8,25-26H,6-7H2,1H3,(H,19,23,24)(H,20,21,22). The lowest BCUT2D eigenvalue weighted by atomic mass is 10.1. The molecule has 1 aromatic carbocycles. The van der Waals surface area contributed by atoms with Gasteiger partial charge in [-0.15, -0.1) is 0 Å². The van der Waals surface area contributed by atoms with Crippen molar-refractivity contribution < 1.29 is 10.2 Å². The molecule has 0 unspecified atom stereocenters. The number of aliphatic hydroxyl groups is 2. The molecule has 0 bridgehead atoms. The second kappa shape index (κ2) is 7.55. The summed E-state index contributed by atoms with van der Waals surface area (Å²) in [7, 11) is 0. The first-order chi connectivity index (χ1) is 12.4. The van der Waals surface area contributed by atoms with Gasteiger partial charge in [-0.1, -0.05) is 23.2 Å². The summed E-state index contributed by atoms with van der Waals surface area (Å²) >= 11 is 12.0. The van der Waals surface area contributed by atoms with E-state index in [2.05, 4.69) is 30.6 Å². The maximum Gasteiger partial charge on any atom is 0.224 e. The summed E-state index contributed by atoms with van der Waals surface area (Å²) in [6.45, 7) is 1.08. The van der Waals surface area contributed by atoms with Crippen molar-refractivity contribution >= 4 is 51.7 Å². The topological polar surface area (TPSA) is 116 Å². The summed E-state index contributed by atoms with van der Waals surface area (Å²) in [5.74, 6) is 0.684. The molecule has 0 amide bonds. The minimum Gasteiger partial charge on any atom is -0.394 e. The largest absolute Gasteiger partial charge is 0.394 e. The first-order valence-corrected chi connectivity index (χ1v) is 8.39. The van der Waals surface area contributed by atoms with Crippen LogP contribution in [0, 0.1) is 0 Å². The molecule has 136 valence electrons. The van der Waals surface area contributed by atoms with Crippen LogP contribution >= 0.6 is 23.2 Å². The summed E-state index contributed by atoms with van der Waals surface area (Å²) in [4.78, 5) is 16.9. The number of halogens is 2. The van der Waals surface area contributed by atoms with Gasteiger partial charge >= 0.3 is 0 Å². The van der Waals surface area contributed by atoms with Gasteiger partial charge in [-0.2, -0.15) is 0 Å². The smallest absolute Gasteiger partial charge is 0.224 e. The van der Waals surface area contributed by atoms with E-state index in [0.717, 1.165) is 0 Å². The van der Waals surface area contributed by atoms with Crippen LogP contribution in [-0.2, 0) is 0 Å². The summed E-state index contributed by atoms with van der Waals surface area (Å²) in [6, 6.07) is 5.11. The number of nitrogens with one attached hydrogen (secondary N) is 2. The summed E-state index contributed by atoms with van der Waals surface area (Å²) < 4.78 is 0. The first kappa shape index (κ1) is 18.5. The fraction of sp³-hybridized carbons (Fsp3) is 0.250. The summed E-state index contributed by atoms with van der Waals surface area (Å²) in [6.07, 6.45) is 2.92. The number of hydrogen-bond donors (Lipinski definition) is 4. The molecule has 0 aliphatic heterocycles. The molecule has 0 saturated carbocycles. The number of rotatable bonds is 6. The van der Waals surface area contributed by atoms with Gasteiger partial charge in [-0.3, -0.25) is 0 Å². The molecule has 0 fully saturated rings. The van der Waals surface area contributed by atoms with Crippen molar-refractivity contribution in [3.63, 3.8) is 0 Å². The van der Waals surface area contributed by atoms with Gasteiger partial charge in [0.2, 0.25) is 5.95 Å². The third-order valence-corrected chi connectivity index (χ3v) is 4.41. The van der Waals surface area contributed by atoms with Crippen LogP contribution in [0.4, 0.5) is 17.5 Å². The van der Waals surface area contributed by atoms with Gasteiger partial charge in [0.1, 0.15) is 17.4 Å². The van der Waals surface area contributed by atoms with Crippen LogP contribution in [0.2, 0.25) is 10.0 Å². The highest BCUT2D eigenvalue weighted by Crippen LogP contribution is 2.28. The zero-order valence-corrected chi connectivity index (χ0v) is 15.3. The minimum absolute atomic E-state index is 0.232. The Hall–Kier alpha value is -2.26. The molecule has 2 heterocycles. The fourth-order valence-corrected chi connectivity index (χ4v) is 2.41. The summed E-state index contributed by atoms with van der Waals surface area (Å²) in [5, 5.41) is 25.7. The maximum absolute atomic E-state index is 9.42. The van der Waals surface area contributed by atoms with Crippen LogP contribution in [0.1, 0.15) is 6.92 Å².